The van der Waals surface area contributed by atoms with Crippen molar-refractivity contribution in [3.63, 3.8) is 0 Å². The van der Waals surface area contributed by atoms with Crippen molar-refractivity contribution in [2.75, 3.05) is 6.61 Å². The summed E-state index contributed by atoms with van der Waals surface area (Å²) in [5, 5.41) is 8.71. The van der Waals surface area contributed by atoms with E-state index in [9.17, 15) is 4.79 Å². The molecule has 0 aromatic carbocycles. The van der Waals surface area contributed by atoms with E-state index >= 15 is 0 Å². The van der Waals surface area contributed by atoms with Crippen LogP contribution in [0.1, 0.15) is 39.0 Å². The second-order valence-electron chi connectivity index (χ2n) is 4.29. The zero-order valence-corrected chi connectivity index (χ0v) is 9.32. The van der Waals surface area contributed by atoms with Gasteiger partial charge < -0.3 is 15.6 Å². The van der Waals surface area contributed by atoms with Crippen molar-refractivity contribution in [2.45, 2.75) is 51.2 Å². The van der Waals surface area contributed by atoms with E-state index in [1.54, 1.807) is 0 Å². The molecule has 1 fully saturated rings. The van der Waals surface area contributed by atoms with E-state index in [2.05, 4.69) is 6.92 Å². The number of aliphatic hydroxyl groups is 1. The molecule has 4 nitrogen and oxygen atoms in total. The van der Waals surface area contributed by atoms with Crippen molar-refractivity contribution in [3.8, 4) is 0 Å². The number of carbonyl (C=O) groups is 1. The molecule has 0 aliphatic heterocycles. The van der Waals surface area contributed by atoms with Crippen molar-refractivity contribution in [1.29, 1.82) is 0 Å². The molecule has 15 heavy (non-hydrogen) atoms. The minimum absolute atomic E-state index is 0.00815. The molecule has 1 rings (SSSR count). The third kappa shape index (κ3) is 3.80. The van der Waals surface area contributed by atoms with Crippen LogP contribution >= 0.6 is 0 Å². The quantitative estimate of drug-likeness (QED) is 0.681. The van der Waals surface area contributed by atoms with Crippen LogP contribution < -0.4 is 5.73 Å². The zero-order chi connectivity index (χ0) is 11.3. The monoisotopic (exact) mass is 215 g/mol. The van der Waals surface area contributed by atoms with E-state index in [4.69, 9.17) is 15.6 Å². The first kappa shape index (κ1) is 12.5. The van der Waals surface area contributed by atoms with E-state index in [1.165, 1.54) is 6.42 Å². The first-order chi connectivity index (χ1) is 7.17. The lowest BCUT2D eigenvalue weighted by molar-refractivity contribution is -0.153. The van der Waals surface area contributed by atoms with E-state index in [1.807, 2.05) is 0 Å². The van der Waals surface area contributed by atoms with Crippen LogP contribution in [0.4, 0.5) is 0 Å². The highest BCUT2D eigenvalue weighted by Gasteiger charge is 2.25. The Balaban J connectivity index is 2.34. The minimum atomic E-state index is -0.882. The molecule has 0 aromatic rings. The normalized spacial score (nSPS) is 28.5. The van der Waals surface area contributed by atoms with Gasteiger partial charge in [0.15, 0.2) is 0 Å². The van der Waals surface area contributed by atoms with Crippen LogP contribution in [0, 0.1) is 5.92 Å². The van der Waals surface area contributed by atoms with Gasteiger partial charge in [-0.1, -0.05) is 19.8 Å². The Morgan fingerprint density at radius 2 is 2.33 bits per heavy atom. The molecule has 4 heteroatoms. The van der Waals surface area contributed by atoms with E-state index < -0.39 is 12.0 Å². The molecule has 0 bridgehead atoms. The lowest BCUT2D eigenvalue weighted by Gasteiger charge is -2.28. The summed E-state index contributed by atoms with van der Waals surface area (Å²) in [4.78, 5) is 11.3. The fraction of sp³-hybridized carbons (Fsp3) is 0.909. The number of aliphatic hydroxyl groups excluding tert-OH is 1. The predicted molar refractivity (Wildman–Crippen MR) is 57.2 cm³/mol. The van der Waals surface area contributed by atoms with Gasteiger partial charge in [-0.05, 0) is 25.2 Å². The van der Waals surface area contributed by atoms with Gasteiger partial charge in [0.25, 0.3) is 0 Å². The van der Waals surface area contributed by atoms with Gasteiger partial charge >= 0.3 is 5.97 Å². The second kappa shape index (κ2) is 6.08. The summed E-state index contributed by atoms with van der Waals surface area (Å²) in [6.07, 6.45) is 5.37. The largest absolute Gasteiger partial charge is 0.461 e. The van der Waals surface area contributed by atoms with E-state index in [0.29, 0.717) is 5.92 Å². The van der Waals surface area contributed by atoms with Crippen molar-refractivity contribution < 1.29 is 14.6 Å². The molecule has 1 saturated carbocycles. The first-order valence-corrected chi connectivity index (χ1v) is 5.74. The van der Waals surface area contributed by atoms with Crippen molar-refractivity contribution in [2.24, 2.45) is 11.7 Å². The average molecular weight is 215 g/mol. The van der Waals surface area contributed by atoms with Crippen LogP contribution in [0.15, 0.2) is 0 Å². The third-order valence-corrected chi connectivity index (χ3v) is 3.09. The highest BCUT2D eigenvalue weighted by molar-refractivity contribution is 5.75. The fourth-order valence-corrected chi connectivity index (χ4v) is 2.05. The van der Waals surface area contributed by atoms with Crippen molar-refractivity contribution in [1.82, 2.24) is 0 Å². The van der Waals surface area contributed by atoms with Crippen LogP contribution in [0.3, 0.4) is 0 Å². The maximum absolute atomic E-state index is 11.3. The molecule has 3 atom stereocenters. The summed E-state index contributed by atoms with van der Waals surface area (Å²) in [7, 11) is 0. The lowest BCUT2D eigenvalue weighted by atomic mass is 9.85. The summed E-state index contributed by atoms with van der Waals surface area (Å²) < 4.78 is 5.25. The van der Waals surface area contributed by atoms with E-state index in [-0.39, 0.29) is 12.7 Å². The molecule has 3 unspecified atom stereocenters. The van der Waals surface area contributed by atoms with Gasteiger partial charge in [0.05, 0.1) is 6.61 Å². The average Bonchev–Trinajstić information content (AvgIpc) is 2.28. The van der Waals surface area contributed by atoms with Gasteiger partial charge in [0, 0.05) is 0 Å². The molecule has 0 amide bonds. The van der Waals surface area contributed by atoms with Gasteiger partial charge in [0.2, 0.25) is 0 Å². The lowest BCUT2D eigenvalue weighted by Crippen LogP contribution is -2.38. The number of hydrogen-bond acceptors (Lipinski definition) is 4. The Morgan fingerprint density at radius 1 is 1.60 bits per heavy atom. The van der Waals surface area contributed by atoms with Gasteiger partial charge in [-0.15, -0.1) is 0 Å². The Bertz CT molecular complexity index is 208. The molecule has 3 N–H and O–H groups in total. The Morgan fingerprint density at radius 3 is 2.93 bits per heavy atom. The van der Waals surface area contributed by atoms with Crippen LogP contribution in [0.5, 0.6) is 0 Å². The van der Waals surface area contributed by atoms with E-state index in [0.717, 1.165) is 25.7 Å². The number of ether oxygens (including phenoxy) is 1. The molecule has 88 valence electrons. The summed E-state index contributed by atoms with van der Waals surface area (Å²) >= 11 is 0. The van der Waals surface area contributed by atoms with Crippen molar-refractivity contribution >= 4 is 5.97 Å². The maximum atomic E-state index is 11.3. The smallest absolute Gasteiger partial charge is 0.325 e. The molecule has 1 aliphatic carbocycles. The standard InChI is InChI=1S/C11H21NO3/c1-2-8-4-3-5-9(6-8)15-11(14)10(12)7-13/h8-10,13H,2-7,12H2,1H3. The Hall–Kier alpha value is -0.610. The summed E-state index contributed by atoms with van der Waals surface area (Å²) in [5.41, 5.74) is 5.38. The highest BCUT2D eigenvalue weighted by atomic mass is 16.5. The Kier molecular flexibility index (Phi) is 5.05. The van der Waals surface area contributed by atoms with Crippen molar-refractivity contribution in [3.05, 3.63) is 0 Å². The summed E-state index contributed by atoms with van der Waals surface area (Å²) in [5.74, 6) is 0.196. The van der Waals surface area contributed by atoms with Crippen LogP contribution in [-0.2, 0) is 9.53 Å². The summed E-state index contributed by atoms with van der Waals surface area (Å²) in [6, 6.07) is -0.882. The van der Waals surface area contributed by atoms with Crippen LogP contribution in [0.25, 0.3) is 0 Å². The molecular formula is C11H21NO3. The topological polar surface area (TPSA) is 72.5 Å². The molecule has 0 spiro atoms. The Labute approximate surface area is 90.8 Å². The number of hydrogen-bond donors (Lipinski definition) is 2. The van der Waals surface area contributed by atoms with Gasteiger partial charge in [-0.2, -0.15) is 0 Å². The number of nitrogens with two attached hydrogens (primary N) is 1. The zero-order valence-electron chi connectivity index (χ0n) is 9.32. The molecular weight excluding hydrogens is 194 g/mol. The molecule has 0 radical (unpaired) electrons. The molecule has 0 aromatic heterocycles. The molecule has 0 heterocycles. The van der Waals surface area contributed by atoms with Crippen LogP contribution in [0.2, 0.25) is 0 Å². The molecule has 0 saturated heterocycles. The third-order valence-electron chi connectivity index (χ3n) is 3.09. The number of carbonyl (C=O) groups excluding carboxylic acids is 1. The SMILES string of the molecule is CCC1CCCC(OC(=O)C(N)CO)C1. The fourth-order valence-electron chi connectivity index (χ4n) is 2.05. The summed E-state index contributed by atoms with van der Waals surface area (Å²) in [6.45, 7) is 1.82. The van der Waals surface area contributed by atoms with Crippen LogP contribution in [-0.4, -0.2) is 29.8 Å². The minimum Gasteiger partial charge on any atom is -0.461 e. The van der Waals surface area contributed by atoms with Gasteiger partial charge in [-0.25, -0.2) is 0 Å². The predicted octanol–water partition coefficient (Wildman–Crippen LogP) is 0.818. The molecule has 1 aliphatic rings. The van der Waals surface area contributed by atoms with Gasteiger partial charge in [-0.3, -0.25) is 4.79 Å². The number of esters is 1. The number of rotatable bonds is 4. The second-order valence-corrected chi connectivity index (χ2v) is 4.29. The first-order valence-electron chi connectivity index (χ1n) is 5.74. The highest BCUT2D eigenvalue weighted by Crippen LogP contribution is 2.28. The maximum Gasteiger partial charge on any atom is 0.325 e. The van der Waals surface area contributed by atoms with Gasteiger partial charge in [0.1, 0.15) is 12.1 Å².